The van der Waals surface area contributed by atoms with Crippen LogP contribution in [-0.4, -0.2) is 102 Å². The van der Waals surface area contributed by atoms with E-state index in [0.29, 0.717) is 64.0 Å². The molecule has 1 unspecified atom stereocenters. The molecule has 3 aliphatic rings. The Labute approximate surface area is 196 Å². The molecule has 1 atom stereocenters. The molecule has 1 aliphatic carbocycles. The quantitative estimate of drug-likeness (QED) is 0.648. The normalized spacial score (nSPS) is 21.2. The first-order chi connectivity index (χ1) is 16.0. The Morgan fingerprint density at radius 1 is 0.848 bits per heavy atom. The molecule has 2 heterocycles. The summed E-state index contributed by atoms with van der Waals surface area (Å²) >= 11 is 0. The van der Waals surface area contributed by atoms with Crippen LogP contribution in [0.1, 0.15) is 32.6 Å². The first-order valence-corrected chi connectivity index (χ1v) is 12.3. The van der Waals surface area contributed by atoms with Gasteiger partial charge in [-0.25, -0.2) is 0 Å². The Hall–Kier alpha value is -2.61. The molecular formula is C25H36N4O4. The van der Waals surface area contributed by atoms with E-state index in [9.17, 15) is 14.4 Å². The van der Waals surface area contributed by atoms with Gasteiger partial charge in [-0.15, -0.1) is 0 Å². The van der Waals surface area contributed by atoms with Gasteiger partial charge in [-0.3, -0.25) is 19.3 Å². The van der Waals surface area contributed by atoms with Crippen LogP contribution in [0.4, 0.5) is 0 Å². The summed E-state index contributed by atoms with van der Waals surface area (Å²) in [6, 6.07) is 9.27. The van der Waals surface area contributed by atoms with Crippen molar-refractivity contribution in [2.75, 3.05) is 59.0 Å². The molecule has 180 valence electrons. The number of hydrogen-bond acceptors (Lipinski definition) is 5. The first kappa shape index (κ1) is 23.5. The van der Waals surface area contributed by atoms with Gasteiger partial charge in [-0.2, -0.15) is 0 Å². The van der Waals surface area contributed by atoms with Crippen LogP contribution in [-0.2, 0) is 14.4 Å². The van der Waals surface area contributed by atoms with Crippen molar-refractivity contribution >= 4 is 17.7 Å². The molecule has 0 spiro atoms. The summed E-state index contributed by atoms with van der Waals surface area (Å²) in [5.74, 6) is 1.35. The monoisotopic (exact) mass is 456 g/mol. The van der Waals surface area contributed by atoms with Crippen LogP contribution in [0, 0.1) is 5.92 Å². The van der Waals surface area contributed by atoms with Crippen molar-refractivity contribution < 1.29 is 19.1 Å². The molecule has 0 N–H and O–H groups in total. The molecule has 1 saturated carbocycles. The second-order valence-electron chi connectivity index (χ2n) is 9.34. The van der Waals surface area contributed by atoms with E-state index in [4.69, 9.17) is 4.74 Å². The molecule has 8 nitrogen and oxygen atoms in total. The van der Waals surface area contributed by atoms with Crippen LogP contribution in [0.5, 0.6) is 5.75 Å². The minimum atomic E-state index is -0.116. The summed E-state index contributed by atoms with van der Waals surface area (Å²) < 4.78 is 5.63. The van der Waals surface area contributed by atoms with Gasteiger partial charge in [0.2, 0.25) is 11.8 Å². The number of amides is 3. The summed E-state index contributed by atoms with van der Waals surface area (Å²) in [6.45, 7) is 6.71. The third-order valence-electron chi connectivity index (χ3n) is 7.30. The third kappa shape index (κ3) is 5.85. The molecule has 2 saturated heterocycles. The summed E-state index contributed by atoms with van der Waals surface area (Å²) in [6.07, 6.45) is 4.55. The summed E-state index contributed by atoms with van der Waals surface area (Å²) in [5, 5.41) is 0. The van der Waals surface area contributed by atoms with Gasteiger partial charge >= 0.3 is 0 Å². The summed E-state index contributed by atoms with van der Waals surface area (Å²) in [4.78, 5) is 45.8. The molecule has 3 amide bonds. The van der Waals surface area contributed by atoms with Crippen molar-refractivity contribution in [3.8, 4) is 5.75 Å². The number of nitrogens with zero attached hydrogens (tertiary/aromatic N) is 4. The fraction of sp³-hybridized carbons (Fsp3) is 0.640. The van der Waals surface area contributed by atoms with Gasteiger partial charge in [-0.1, -0.05) is 31.0 Å². The molecule has 8 heteroatoms. The number of carbonyl (C=O) groups excluding carboxylic acids is 3. The predicted octanol–water partition coefficient (Wildman–Crippen LogP) is 1.46. The van der Waals surface area contributed by atoms with Gasteiger partial charge in [-0.05, 0) is 30.9 Å². The fourth-order valence-electron chi connectivity index (χ4n) is 5.36. The Morgan fingerprint density at radius 2 is 1.42 bits per heavy atom. The van der Waals surface area contributed by atoms with Crippen LogP contribution in [0.2, 0.25) is 0 Å². The molecule has 33 heavy (non-hydrogen) atoms. The molecule has 4 rings (SSSR count). The zero-order valence-corrected chi connectivity index (χ0v) is 19.7. The van der Waals surface area contributed by atoms with Crippen LogP contribution < -0.4 is 4.74 Å². The molecule has 0 aromatic heterocycles. The zero-order valence-electron chi connectivity index (χ0n) is 19.7. The fourth-order valence-corrected chi connectivity index (χ4v) is 5.36. The topological polar surface area (TPSA) is 73.4 Å². The highest BCUT2D eigenvalue weighted by atomic mass is 16.5. The highest BCUT2D eigenvalue weighted by Crippen LogP contribution is 2.32. The molecule has 1 aromatic carbocycles. The number of ether oxygens (including phenoxy) is 1. The van der Waals surface area contributed by atoms with Crippen molar-refractivity contribution in [3.63, 3.8) is 0 Å². The van der Waals surface area contributed by atoms with E-state index in [1.807, 2.05) is 45.0 Å². The van der Waals surface area contributed by atoms with E-state index in [1.165, 1.54) is 12.8 Å². The van der Waals surface area contributed by atoms with Crippen molar-refractivity contribution in [3.05, 3.63) is 30.3 Å². The molecule has 0 radical (unpaired) electrons. The Bertz CT molecular complexity index is 811. The van der Waals surface area contributed by atoms with Crippen molar-refractivity contribution in [1.82, 2.24) is 19.6 Å². The number of rotatable bonds is 6. The highest BCUT2D eigenvalue weighted by Gasteiger charge is 2.40. The Kier molecular flexibility index (Phi) is 7.85. The van der Waals surface area contributed by atoms with Crippen molar-refractivity contribution in [2.45, 2.75) is 38.6 Å². The second kappa shape index (κ2) is 11.0. The Morgan fingerprint density at radius 3 is 2.03 bits per heavy atom. The van der Waals surface area contributed by atoms with E-state index in [0.717, 1.165) is 12.8 Å². The lowest BCUT2D eigenvalue weighted by Crippen LogP contribution is -2.61. The maximum Gasteiger partial charge on any atom is 0.260 e. The maximum atomic E-state index is 13.6. The second-order valence-corrected chi connectivity index (χ2v) is 9.34. The molecule has 1 aromatic rings. The van der Waals surface area contributed by atoms with E-state index in [2.05, 4.69) is 4.90 Å². The number of piperazine rings is 2. The zero-order chi connectivity index (χ0) is 23.2. The minimum Gasteiger partial charge on any atom is -0.484 e. The molecule has 3 fully saturated rings. The van der Waals surface area contributed by atoms with Crippen molar-refractivity contribution in [2.24, 2.45) is 5.92 Å². The summed E-state index contributed by atoms with van der Waals surface area (Å²) in [5.41, 5.74) is 0. The van der Waals surface area contributed by atoms with E-state index >= 15 is 0 Å². The first-order valence-electron chi connectivity index (χ1n) is 12.3. The highest BCUT2D eigenvalue weighted by molar-refractivity contribution is 5.83. The van der Waals surface area contributed by atoms with E-state index in [1.54, 1.807) is 6.92 Å². The number of hydrogen-bond donors (Lipinski definition) is 0. The molecule has 2 aliphatic heterocycles. The van der Waals surface area contributed by atoms with Crippen LogP contribution in [0.15, 0.2) is 30.3 Å². The smallest absolute Gasteiger partial charge is 0.260 e. The number of benzene rings is 1. The van der Waals surface area contributed by atoms with E-state index < -0.39 is 0 Å². The van der Waals surface area contributed by atoms with Crippen LogP contribution >= 0.6 is 0 Å². The largest absolute Gasteiger partial charge is 0.484 e. The average Bonchev–Trinajstić information content (AvgIpc) is 3.38. The SMILES string of the molecule is CC(=O)N1CCN(C(=O)C(C2CCCC2)N2CCN(C(=O)COc3ccccc3)CC2)CC1. The predicted molar refractivity (Wildman–Crippen MR) is 125 cm³/mol. The lowest BCUT2D eigenvalue weighted by molar-refractivity contribution is -0.146. The number of para-hydroxylation sites is 1. The van der Waals surface area contributed by atoms with Gasteiger partial charge < -0.3 is 19.4 Å². The Balaban J connectivity index is 1.32. The van der Waals surface area contributed by atoms with Crippen LogP contribution in [0.25, 0.3) is 0 Å². The van der Waals surface area contributed by atoms with Gasteiger partial charge in [0, 0.05) is 59.3 Å². The lowest BCUT2D eigenvalue weighted by atomic mass is 9.94. The summed E-state index contributed by atoms with van der Waals surface area (Å²) in [7, 11) is 0. The average molecular weight is 457 g/mol. The minimum absolute atomic E-state index is 0.0115. The molecule has 0 bridgehead atoms. The maximum absolute atomic E-state index is 13.6. The van der Waals surface area contributed by atoms with Gasteiger partial charge in [0.25, 0.3) is 5.91 Å². The number of carbonyl (C=O) groups is 3. The molecular weight excluding hydrogens is 420 g/mol. The van der Waals surface area contributed by atoms with Gasteiger partial charge in [0.05, 0.1) is 6.04 Å². The van der Waals surface area contributed by atoms with E-state index in [-0.39, 0.29) is 30.4 Å². The standard InChI is InChI=1S/C25H36N4O4/c1-20(30)26-11-17-29(18-12-26)25(32)24(21-7-5-6-8-21)28-15-13-27(14-16-28)23(31)19-33-22-9-3-2-4-10-22/h2-4,9-10,21,24H,5-8,11-19H2,1H3. The van der Waals surface area contributed by atoms with Crippen molar-refractivity contribution in [1.29, 1.82) is 0 Å². The van der Waals surface area contributed by atoms with Gasteiger partial charge in [0.15, 0.2) is 6.61 Å². The van der Waals surface area contributed by atoms with Gasteiger partial charge in [0.1, 0.15) is 5.75 Å². The van der Waals surface area contributed by atoms with Crippen LogP contribution in [0.3, 0.4) is 0 Å². The lowest BCUT2D eigenvalue weighted by Gasteiger charge is -2.43. The third-order valence-corrected chi connectivity index (χ3v) is 7.30.